The monoisotopic (exact) mass is 397 g/mol. The Balaban J connectivity index is -0.000000340. The summed E-state index contributed by atoms with van der Waals surface area (Å²) < 4.78 is 4.41. The minimum absolute atomic E-state index is 0.0129. The number of nitrogens with zero attached hydrogens (tertiary/aromatic N) is 1. The van der Waals surface area contributed by atoms with Crippen LogP contribution in [0.4, 0.5) is 0 Å². The molecule has 0 saturated heterocycles. The number of nitrogens with two attached hydrogens (primary N) is 4. The van der Waals surface area contributed by atoms with E-state index in [0.29, 0.717) is 19.4 Å². The Morgan fingerprint density at radius 2 is 1.48 bits per heavy atom. The molecule has 2 unspecified atom stereocenters. The number of guanidine groups is 1. The number of aliphatic hydroxyl groups is 2. The highest BCUT2D eigenvalue weighted by Crippen LogP contribution is 1.94. The maximum absolute atomic E-state index is 10.2. The first-order valence-corrected chi connectivity index (χ1v) is 7.80. The molecule has 27 heavy (non-hydrogen) atoms. The highest BCUT2D eigenvalue weighted by molar-refractivity contribution is 5.75. The number of carboxylic acids is 2. The van der Waals surface area contributed by atoms with Crippen LogP contribution in [0.5, 0.6) is 0 Å². The molecule has 0 aromatic carbocycles. The van der Waals surface area contributed by atoms with Crippen molar-refractivity contribution >= 4 is 23.9 Å². The second kappa shape index (κ2) is 18.3. The molecule has 13 nitrogen and oxygen atoms in total. The van der Waals surface area contributed by atoms with Crippen molar-refractivity contribution in [2.24, 2.45) is 27.9 Å². The Labute approximate surface area is 157 Å². The molecule has 0 rings (SSSR count). The van der Waals surface area contributed by atoms with Crippen molar-refractivity contribution in [1.29, 1.82) is 0 Å². The summed E-state index contributed by atoms with van der Waals surface area (Å²) in [4.78, 5) is 33.6. The normalized spacial score (nSPS) is 11.7. The van der Waals surface area contributed by atoms with Crippen LogP contribution in [0.2, 0.25) is 0 Å². The first-order chi connectivity index (χ1) is 12.4. The van der Waals surface area contributed by atoms with Gasteiger partial charge in [0, 0.05) is 13.5 Å². The van der Waals surface area contributed by atoms with Gasteiger partial charge in [-0.05, 0) is 19.8 Å². The maximum atomic E-state index is 10.2. The van der Waals surface area contributed by atoms with Gasteiger partial charge in [-0.25, -0.2) is 0 Å². The molecule has 0 amide bonds. The van der Waals surface area contributed by atoms with E-state index in [1.807, 2.05) is 0 Å². The fourth-order valence-corrected chi connectivity index (χ4v) is 1.01. The van der Waals surface area contributed by atoms with Gasteiger partial charge in [0.25, 0.3) is 0 Å². The van der Waals surface area contributed by atoms with Crippen LogP contribution in [0.1, 0.15) is 26.7 Å². The molecule has 0 bridgehead atoms. The second-order valence-corrected chi connectivity index (χ2v) is 5.12. The third-order valence-electron chi connectivity index (χ3n) is 2.41. The van der Waals surface area contributed by atoms with Crippen LogP contribution in [-0.2, 0) is 19.1 Å². The summed E-state index contributed by atoms with van der Waals surface area (Å²) in [5.74, 6) is -2.45. The summed E-state index contributed by atoms with van der Waals surface area (Å²) in [5, 5.41) is 32.9. The highest BCUT2D eigenvalue weighted by Gasteiger charge is 2.09. The number of aliphatic carboxylic acids is 2. The quantitative estimate of drug-likeness (QED) is 0.0826. The third kappa shape index (κ3) is 25.9. The fourth-order valence-electron chi connectivity index (χ4n) is 1.01. The van der Waals surface area contributed by atoms with E-state index in [1.165, 1.54) is 13.8 Å². The lowest BCUT2D eigenvalue weighted by atomic mass is 10.2. The summed E-state index contributed by atoms with van der Waals surface area (Å²) in [5.41, 5.74) is 20.2. The lowest BCUT2D eigenvalue weighted by Gasteiger charge is -2.09. The number of carbonyl (C=O) groups is 3. The van der Waals surface area contributed by atoms with Gasteiger partial charge < -0.3 is 48.1 Å². The number of carboxylic acid groups (broad SMARTS) is 2. The summed E-state index contributed by atoms with van der Waals surface area (Å²) in [7, 11) is 0. The second-order valence-electron chi connectivity index (χ2n) is 5.12. The Bertz CT molecular complexity index is 451. The van der Waals surface area contributed by atoms with Crippen molar-refractivity contribution in [3.63, 3.8) is 0 Å². The third-order valence-corrected chi connectivity index (χ3v) is 2.41. The van der Waals surface area contributed by atoms with Gasteiger partial charge in [0.1, 0.15) is 18.2 Å². The minimum Gasteiger partial charge on any atom is -0.480 e. The largest absolute Gasteiger partial charge is 0.480 e. The summed E-state index contributed by atoms with van der Waals surface area (Å²) in [6.45, 7) is 2.39. The fraction of sp³-hybridized carbons (Fsp3) is 0.714. The van der Waals surface area contributed by atoms with Crippen LogP contribution in [0.25, 0.3) is 0 Å². The number of esters is 1. The van der Waals surface area contributed by atoms with E-state index in [-0.39, 0.29) is 19.2 Å². The first-order valence-electron chi connectivity index (χ1n) is 7.80. The van der Waals surface area contributed by atoms with Crippen LogP contribution in [-0.4, -0.2) is 82.2 Å². The van der Waals surface area contributed by atoms with Crippen molar-refractivity contribution in [3.05, 3.63) is 0 Å². The standard InChI is InChI=1S/C6H14N4O2.C5H10O4.C3H7NO2/c7-4(5(11)12)2-1-3-10-6(8)9;1-4(8)9-5(2-6)3-7;1-2(4)3(5)6/h4H,1-3,7H2,(H,11,12)(H4,8,9,10);5-7H,2-3H2,1H3;2H,4H2,1H3,(H,5,6). The number of hydrogen-bond donors (Lipinski definition) is 8. The molecular formula is C14H31N5O8. The predicted molar refractivity (Wildman–Crippen MR) is 96.5 cm³/mol. The van der Waals surface area contributed by atoms with Gasteiger partial charge in [-0.2, -0.15) is 0 Å². The van der Waals surface area contributed by atoms with Crippen molar-refractivity contribution < 1.29 is 39.5 Å². The van der Waals surface area contributed by atoms with E-state index < -0.39 is 36.1 Å². The van der Waals surface area contributed by atoms with Crippen LogP contribution >= 0.6 is 0 Å². The highest BCUT2D eigenvalue weighted by atomic mass is 16.6. The molecule has 0 spiro atoms. The van der Waals surface area contributed by atoms with E-state index in [2.05, 4.69) is 9.73 Å². The predicted octanol–water partition coefficient (Wildman–Crippen LogP) is -3.23. The average molecular weight is 397 g/mol. The zero-order valence-corrected chi connectivity index (χ0v) is 15.4. The van der Waals surface area contributed by atoms with Gasteiger partial charge in [-0.15, -0.1) is 0 Å². The molecule has 160 valence electrons. The molecule has 12 N–H and O–H groups in total. The topological polar surface area (TPSA) is 258 Å². The van der Waals surface area contributed by atoms with E-state index in [0.717, 1.165) is 0 Å². The maximum Gasteiger partial charge on any atom is 0.320 e. The smallest absolute Gasteiger partial charge is 0.320 e. The van der Waals surface area contributed by atoms with Crippen LogP contribution in [0, 0.1) is 0 Å². The molecule has 0 radical (unpaired) electrons. The van der Waals surface area contributed by atoms with E-state index in [9.17, 15) is 14.4 Å². The van der Waals surface area contributed by atoms with Crippen molar-refractivity contribution in [2.75, 3.05) is 19.8 Å². The van der Waals surface area contributed by atoms with E-state index in [1.54, 1.807) is 0 Å². The molecule has 0 saturated carbocycles. The Morgan fingerprint density at radius 1 is 1.04 bits per heavy atom. The van der Waals surface area contributed by atoms with Crippen molar-refractivity contribution in [1.82, 2.24) is 0 Å². The summed E-state index contributed by atoms with van der Waals surface area (Å²) >= 11 is 0. The van der Waals surface area contributed by atoms with Crippen molar-refractivity contribution in [3.8, 4) is 0 Å². The molecule has 2 atom stereocenters. The van der Waals surface area contributed by atoms with Gasteiger partial charge in [-0.1, -0.05) is 0 Å². The average Bonchev–Trinajstić information content (AvgIpc) is 2.56. The van der Waals surface area contributed by atoms with E-state index >= 15 is 0 Å². The van der Waals surface area contributed by atoms with Gasteiger partial charge in [0.15, 0.2) is 5.96 Å². The first kappa shape index (κ1) is 29.3. The number of ether oxygens (including phenoxy) is 1. The van der Waals surface area contributed by atoms with Crippen LogP contribution < -0.4 is 22.9 Å². The number of rotatable bonds is 9. The zero-order valence-electron chi connectivity index (χ0n) is 15.4. The molecule has 0 aliphatic rings. The van der Waals surface area contributed by atoms with Gasteiger partial charge in [-0.3, -0.25) is 19.4 Å². The molecule has 0 aromatic heterocycles. The summed E-state index contributed by atoms with van der Waals surface area (Å²) in [6.07, 6.45) is 0.194. The van der Waals surface area contributed by atoms with Crippen LogP contribution in [0.15, 0.2) is 4.99 Å². The molecule has 0 aliphatic heterocycles. The Morgan fingerprint density at radius 3 is 1.70 bits per heavy atom. The number of aliphatic imine (C=N–C) groups is 1. The zero-order chi connectivity index (χ0) is 22.0. The Kier molecular flexibility index (Phi) is 19.9. The lowest BCUT2D eigenvalue weighted by Crippen LogP contribution is -2.30. The number of hydrogen-bond acceptors (Lipinski definition) is 9. The Hall–Kier alpha value is -2.48. The van der Waals surface area contributed by atoms with Gasteiger partial charge in [0.05, 0.1) is 13.2 Å². The molecular weight excluding hydrogens is 366 g/mol. The molecule has 0 heterocycles. The molecule has 0 aromatic rings. The van der Waals surface area contributed by atoms with Gasteiger partial charge in [0.2, 0.25) is 0 Å². The van der Waals surface area contributed by atoms with Crippen LogP contribution in [0.3, 0.4) is 0 Å². The lowest BCUT2D eigenvalue weighted by molar-refractivity contribution is -0.150. The SMILES string of the molecule is CC(=O)OC(CO)CO.CC(N)C(=O)O.NC(N)=NCCCC(N)C(=O)O. The molecule has 0 fully saturated rings. The van der Waals surface area contributed by atoms with Gasteiger partial charge >= 0.3 is 17.9 Å². The molecule has 13 heteroatoms. The number of aliphatic hydroxyl groups excluding tert-OH is 2. The van der Waals surface area contributed by atoms with Crippen molar-refractivity contribution in [2.45, 2.75) is 44.9 Å². The summed E-state index contributed by atoms with van der Waals surface area (Å²) in [6, 6.07) is -1.55. The van der Waals surface area contributed by atoms with E-state index in [4.69, 9.17) is 43.4 Å². The minimum atomic E-state index is -1.00. The number of carbonyl (C=O) groups excluding carboxylic acids is 1. The molecule has 0 aliphatic carbocycles.